The Morgan fingerprint density at radius 2 is 2.12 bits per heavy atom. The van der Waals surface area contributed by atoms with E-state index in [0.29, 0.717) is 43.7 Å². The first-order chi connectivity index (χ1) is 12.0. The molecule has 25 heavy (non-hydrogen) atoms. The molecule has 3 N–H and O–H groups in total. The molecule has 1 aromatic heterocycles. The molecule has 2 aliphatic heterocycles. The molecule has 0 spiro atoms. The van der Waals surface area contributed by atoms with Crippen LogP contribution in [0.3, 0.4) is 0 Å². The van der Waals surface area contributed by atoms with Gasteiger partial charge in [-0.15, -0.1) is 0 Å². The van der Waals surface area contributed by atoms with Crippen LogP contribution < -0.4 is 10.6 Å². The predicted molar refractivity (Wildman–Crippen MR) is 92.5 cm³/mol. The van der Waals surface area contributed by atoms with Crippen LogP contribution in [0.5, 0.6) is 0 Å². The molecule has 7 heteroatoms. The summed E-state index contributed by atoms with van der Waals surface area (Å²) in [6.07, 6.45) is 6.33. The van der Waals surface area contributed by atoms with E-state index in [1.165, 1.54) is 0 Å². The van der Waals surface area contributed by atoms with Crippen LogP contribution in [0.2, 0.25) is 0 Å². The Bertz CT molecular complexity index is 635. The highest BCUT2D eigenvalue weighted by atomic mass is 16.5. The van der Waals surface area contributed by atoms with Crippen molar-refractivity contribution in [3.63, 3.8) is 0 Å². The van der Waals surface area contributed by atoms with Gasteiger partial charge in [-0.1, -0.05) is 0 Å². The number of carbonyl (C=O) groups excluding carboxylic acids is 1. The SMILES string of the molecule is NC(=O)c1cccnc1N1CCC(CC2CCCCO2)(C(=O)O)CC1. The van der Waals surface area contributed by atoms with E-state index >= 15 is 0 Å². The summed E-state index contributed by atoms with van der Waals surface area (Å²) in [7, 11) is 0. The van der Waals surface area contributed by atoms with Crippen LogP contribution >= 0.6 is 0 Å². The second-order valence-corrected chi connectivity index (χ2v) is 7.00. The number of hydrogen-bond acceptors (Lipinski definition) is 5. The van der Waals surface area contributed by atoms with Gasteiger partial charge >= 0.3 is 5.97 Å². The summed E-state index contributed by atoms with van der Waals surface area (Å²) in [6.45, 7) is 1.80. The number of hydrogen-bond donors (Lipinski definition) is 2. The third-order valence-corrected chi connectivity index (χ3v) is 5.42. The van der Waals surface area contributed by atoms with Crippen molar-refractivity contribution in [1.82, 2.24) is 4.98 Å². The molecule has 0 saturated carbocycles. The van der Waals surface area contributed by atoms with Gasteiger partial charge in [0.1, 0.15) is 5.82 Å². The maximum Gasteiger partial charge on any atom is 0.309 e. The van der Waals surface area contributed by atoms with Gasteiger partial charge in [0.25, 0.3) is 5.91 Å². The number of aliphatic carboxylic acids is 1. The first kappa shape index (κ1) is 17.7. The Hall–Kier alpha value is -2.15. The first-order valence-corrected chi connectivity index (χ1v) is 8.87. The molecule has 0 aliphatic carbocycles. The number of pyridine rings is 1. The van der Waals surface area contributed by atoms with Gasteiger partial charge in [-0.05, 0) is 50.7 Å². The quantitative estimate of drug-likeness (QED) is 0.841. The van der Waals surface area contributed by atoms with Crippen molar-refractivity contribution in [3.05, 3.63) is 23.9 Å². The van der Waals surface area contributed by atoms with Gasteiger partial charge in [-0.3, -0.25) is 9.59 Å². The molecule has 3 heterocycles. The Balaban J connectivity index is 1.72. The Labute approximate surface area is 147 Å². The number of nitrogens with two attached hydrogens (primary N) is 1. The van der Waals surface area contributed by atoms with E-state index in [4.69, 9.17) is 10.5 Å². The van der Waals surface area contributed by atoms with E-state index in [2.05, 4.69) is 4.98 Å². The molecule has 7 nitrogen and oxygen atoms in total. The van der Waals surface area contributed by atoms with Crippen LogP contribution in [0, 0.1) is 5.41 Å². The van der Waals surface area contributed by atoms with Gasteiger partial charge in [0.15, 0.2) is 0 Å². The zero-order valence-electron chi connectivity index (χ0n) is 14.3. The van der Waals surface area contributed by atoms with Crippen LogP contribution in [0.25, 0.3) is 0 Å². The zero-order chi connectivity index (χ0) is 17.9. The Kier molecular flexibility index (Phi) is 5.22. The number of piperidine rings is 1. The van der Waals surface area contributed by atoms with Gasteiger partial charge in [0.05, 0.1) is 17.1 Å². The molecule has 136 valence electrons. The fourth-order valence-electron chi connectivity index (χ4n) is 3.90. The van der Waals surface area contributed by atoms with Crippen molar-refractivity contribution < 1.29 is 19.4 Å². The zero-order valence-corrected chi connectivity index (χ0v) is 14.3. The summed E-state index contributed by atoms with van der Waals surface area (Å²) >= 11 is 0. The molecule has 0 bridgehead atoms. The lowest BCUT2D eigenvalue weighted by Gasteiger charge is -2.41. The van der Waals surface area contributed by atoms with E-state index in [1.807, 2.05) is 4.90 Å². The summed E-state index contributed by atoms with van der Waals surface area (Å²) in [5.41, 5.74) is 5.04. The lowest BCUT2D eigenvalue weighted by atomic mass is 9.73. The molecule has 2 saturated heterocycles. The highest BCUT2D eigenvalue weighted by Gasteiger charge is 2.44. The summed E-state index contributed by atoms with van der Waals surface area (Å²) < 4.78 is 5.77. The molecule has 3 rings (SSSR count). The molecule has 0 radical (unpaired) electrons. The largest absolute Gasteiger partial charge is 0.481 e. The summed E-state index contributed by atoms with van der Waals surface area (Å²) in [4.78, 5) is 29.9. The molecule has 1 atom stereocenters. The van der Waals surface area contributed by atoms with E-state index < -0.39 is 17.3 Å². The van der Waals surface area contributed by atoms with Crippen molar-refractivity contribution in [1.29, 1.82) is 0 Å². The molecule has 1 unspecified atom stereocenters. The smallest absolute Gasteiger partial charge is 0.309 e. The fraction of sp³-hybridized carbons (Fsp3) is 0.611. The molecule has 1 amide bonds. The van der Waals surface area contributed by atoms with Crippen molar-refractivity contribution in [2.24, 2.45) is 11.1 Å². The van der Waals surface area contributed by atoms with Gasteiger partial charge in [0.2, 0.25) is 0 Å². The Morgan fingerprint density at radius 3 is 2.72 bits per heavy atom. The molecule has 2 aliphatic rings. The summed E-state index contributed by atoms with van der Waals surface area (Å²) in [5.74, 6) is -0.728. The van der Waals surface area contributed by atoms with Crippen LogP contribution in [-0.2, 0) is 9.53 Å². The number of primary amides is 1. The highest BCUT2D eigenvalue weighted by molar-refractivity contribution is 5.97. The molecular formula is C18H25N3O4. The predicted octanol–water partition coefficient (Wildman–Crippen LogP) is 1.81. The first-order valence-electron chi connectivity index (χ1n) is 8.87. The number of carboxylic acids is 1. The second-order valence-electron chi connectivity index (χ2n) is 7.00. The van der Waals surface area contributed by atoms with E-state index in [0.717, 1.165) is 25.9 Å². The maximum absolute atomic E-state index is 12.0. The topological polar surface area (TPSA) is 106 Å². The number of carboxylic acid groups (broad SMARTS) is 1. The van der Waals surface area contributed by atoms with E-state index in [9.17, 15) is 14.7 Å². The third kappa shape index (κ3) is 3.76. The Morgan fingerprint density at radius 1 is 1.36 bits per heavy atom. The number of amides is 1. The normalized spacial score (nSPS) is 23.2. The number of carbonyl (C=O) groups is 2. The standard InChI is InChI=1S/C18H25N3O4/c19-15(22)14-5-3-8-20-16(14)21-9-6-18(7-10-21,17(23)24)12-13-4-1-2-11-25-13/h3,5,8,13H,1-2,4,6-7,9-12H2,(H2,19,22)(H,23,24). The monoisotopic (exact) mass is 347 g/mol. The maximum atomic E-state index is 12.0. The number of anilines is 1. The average Bonchev–Trinajstić information content (AvgIpc) is 2.63. The minimum atomic E-state index is -0.764. The fourth-order valence-corrected chi connectivity index (χ4v) is 3.90. The highest BCUT2D eigenvalue weighted by Crippen LogP contribution is 2.40. The molecule has 2 fully saturated rings. The number of ether oxygens (including phenoxy) is 1. The number of nitrogens with zero attached hydrogens (tertiary/aromatic N) is 2. The van der Waals surface area contributed by atoms with Crippen molar-refractivity contribution >= 4 is 17.7 Å². The van der Waals surface area contributed by atoms with Crippen LogP contribution in [0.1, 0.15) is 48.9 Å². The van der Waals surface area contributed by atoms with E-state index in [1.54, 1.807) is 18.3 Å². The van der Waals surface area contributed by atoms with Crippen molar-refractivity contribution in [2.75, 3.05) is 24.6 Å². The number of aromatic nitrogens is 1. The summed E-state index contributed by atoms with van der Waals surface area (Å²) in [5, 5.41) is 9.86. The van der Waals surface area contributed by atoms with Crippen LogP contribution in [0.15, 0.2) is 18.3 Å². The minimum Gasteiger partial charge on any atom is -0.481 e. The van der Waals surface area contributed by atoms with Crippen molar-refractivity contribution in [2.45, 2.75) is 44.6 Å². The van der Waals surface area contributed by atoms with Gasteiger partial charge in [0, 0.05) is 25.9 Å². The lowest BCUT2D eigenvalue weighted by Crippen LogP contribution is -2.47. The second kappa shape index (κ2) is 7.39. The van der Waals surface area contributed by atoms with Gasteiger partial charge in [-0.25, -0.2) is 4.98 Å². The van der Waals surface area contributed by atoms with Gasteiger partial charge < -0.3 is 20.5 Å². The van der Waals surface area contributed by atoms with Crippen molar-refractivity contribution in [3.8, 4) is 0 Å². The minimum absolute atomic E-state index is 0.0347. The van der Waals surface area contributed by atoms with Crippen LogP contribution in [-0.4, -0.2) is 47.8 Å². The van der Waals surface area contributed by atoms with Crippen LogP contribution in [0.4, 0.5) is 5.82 Å². The third-order valence-electron chi connectivity index (χ3n) is 5.42. The molecule has 0 aromatic carbocycles. The number of rotatable bonds is 5. The summed E-state index contributed by atoms with van der Waals surface area (Å²) in [6, 6.07) is 3.33. The molecular weight excluding hydrogens is 322 g/mol. The van der Waals surface area contributed by atoms with E-state index in [-0.39, 0.29) is 6.10 Å². The lowest BCUT2D eigenvalue weighted by molar-refractivity contribution is -0.154. The average molecular weight is 347 g/mol. The molecule has 1 aromatic rings. The van der Waals surface area contributed by atoms with Gasteiger partial charge in [-0.2, -0.15) is 0 Å².